The summed E-state index contributed by atoms with van der Waals surface area (Å²) in [5.41, 5.74) is 6.05. The molecule has 3 rings (SSSR count). The van der Waals surface area contributed by atoms with Gasteiger partial charge in [0.2, 0.25) is 0 Å². The Labute approximate surface area is 174 Å². The number of halogens is 2. The third kappa shape index (κ3) is 5.91. The minimum Gasteiger partial charge on any atom is -0.493 e. The highest BCUT2D eigenvalue weighted by Gasteiger charge is 2.06. The highest BCUT2D eigenvalue weighted by molar-refractivity contribution is 6.30. The van der Waals surface area contributed by atoms with E-state index in [-0.39, 0.29) is 0 Å². The Morgan fingerprint density at radius 3 is 2.14 bits per heavy atom. The van der Waals surface area contributed by atoms with Gasteiger partial charge < -0.3 is 14.9 Å². The number of hydrazone groups is 1. The second kappa shape index (κ2) is 10.0. The van der Waals surface area contributed by atoms with Gasteiger partial charge in [-0.3, -0.25) is 0 Å². The summed E-state index contributed by atoms with van der Waals surface area (Å²) in [6, 6.07) is 20.9. The van der Waals surface area contributed by atoms with Gasteiger partial charge in [0.1, 0.15) is 6.61 Å². The zero-order valence-corrected chi connectivity index (χ0v) is 16.9. The predicted octanol–water partition coefficient (Wildman–Crippen LogP) is 5.70. The number of hydrogen-bond acceptors (Lipinski definition) is 4. The van der Waals surface area contributed by atoms with E-state index in [9.17, 15) is 0 Å². The Balaban J connectivity index is 1.57. The van der Waals surface area contributed by atoms with Gasteiger partial charge in [0.25, 0.3) is 0 Å². The lowest BCUT2D eigenvalue weighted by atomic mass is 10.2. The van der Waals surface area contributed by atoms with E-state index in [1.807, 2.05) is 66.7 Å². The van der Waals surface area contributed by atoms with Gasteiger partial charge in [0, 0.05) is 10.0 Å². The molecular weight excluding hydrogens is 395 g/mol. The lowest BCUT2D eigenvalue weighted by Gasteiger charge is -2.11. The van der Waals surface area contributed by atoms with Crippen LogP contribution in [0.4, 0.5) is 0 Å². The van der Waals surface area contributed by atoms with E-state index in [4.69, 9.17) is 32.7 Å². The van der Waals surface area contributed by atoms with Gasteiger partial charge in [-0.15, -0.1) is 0 Å². The SMILES string of the molecule is COc1cc(/C=N\NCc2ccc(Cl)cc2)ccc1OCc1ccc(Cl)cc1. The first-order chi connectivity index (χ1) is 13.6. The number of methoxy groups -OCH3 is 1. The molecule has 28 heavy (non-hydrogen) atoms. The van der Waals surface area contributed by atoms with Crippen molar-refractivity contribution in [2.75, 3.05) is 7.11 Å². The van der Waals surface area contributed by atoms with Crippen LogP contribution in [0.15, 0.2) is 71.8 Å². The van der Waals surface area contributed by atoms with Gasteiger partial charge in [-0.05, 0) is 59.2 Å². The van der Waals surface area contributed by atoms with Crippen molar-refractivity contribution in [2.45, 2.75) is 13.2 Å². The van der Waals surface area contributed by atoms with Crippen LogP contribution in [-0.4, -0.2) is 13.3 Å². The number of hydrogen-bond donors (Lipinski definition) is 1. The Morgan fingerprint density at radius 1 is 0.857 bits per heavy atom. The Kier molecular flexibility index (Phi) is 7.18. The first-order valence-corrected chi connectivity index (χ1v) is 9.45. The molecule has 0 aliphatic heterocycles. The number of ether oxygens (including phenoxy) is 2. The molecule has 0 atom stereocenters. The van der Waals surface area contributed by atoms with Crippen molar-refractivity contribution in [3.63, 3.8) is 0 Å². The van der Waals surface area contributed by atoms with Crippen LogP contribution in [0.25, 0.3) is 0 Å². The molecule has 0 unspecified atom stereocenters. The number of benzene rings is 3. The Hall–Kier alpha value is -2.69. The maximum Gasteiger partial charge on any atom is 0.161 e. The van der Waals surface area contributed by atoms with Crippen LogP contribution < -0.4 is 14.9 Å². The highest BCUT2D eigenvalue weighted by atomic mass is 35.5. The third-order valence-electron chi connectivity index (χ3n) is 4.00. The molecule has 0 amide bonds. The van der Waals surface area contributed by atoms with Gasteiger partial charge in [-0.25, -0.2) is 0 Å². The van der Waals surface area contributed by atoms with Crippen molar-refractivity contribution >= 4 is 29.4 Å². The van der Waals surface area contributed by atoms with Crippen molar-refractivity contribution in [3.05, 3.63) is 93.5 Å². The summed E-state index contributed by atoms with van der Waals surface area (Å²) in [6.07, 6.45) is 1.74. The summed E-state index contributed by atoms with van der Waals surface area (Å²) >= 11 is 11.8. The van der Waals surface area contributed by atoms with E-state index >= 15 is 0 Å². The van der Waals surface area contributed by atoms with Crippen LogP contribution in [0.3, 0.4) is 0 Å². The molecule has 0 spiro atoms. The molecule has 6 heteroatoms. The van der Waals surface area contributed by atoms with Gasteiger partial charge in [0.05, 0.1) is 19.9 Å². The average Bonchev–Trinajstić information content (AvgIpc) is 2.72. The topological polar surface area (TPSA) is 42.8 Å². The molecule has 3 aromatic rings. The van der Waals surface area contributed by atoms with Crippen LogP contribution in [0.5, 0.6) is 11.5 Å². The second-order valence-electron chi connectivity index (χ2n) is 6.04. The fourth-order valence-electron chi connectivity index (χ4n) is 2.48. The van der Waals surface area contributed by atoms with Gasteiger partial charge in [-0.2, -0.15) is 5.10 Å². The Bertz CT molecular complexity index is 926. The summed E-state index contributed by atoms with van der Waals surface area (Å²) in [7, 11) is 1.62. The summed E-state index contributed by atoms with van der Waals surface area (Å²) in [6.45, 7) is 1.05. The molecule has 0 fully saturated rings. The normalized spacial score (nSPS) is 10.8. The van der Waals surface area contributed by atoms with Gasteiger partial charge in [-0.1, -0.05) is 47.5 Å². The van der Waals surface area contributed by atoms with Crippen molar-refractivity contribution in [3.8, 4) is 11.5 Å². The van der Waals surface area contributed by atoms with Crippen LogP contribution in [0.2, 0.25) is 10.0 Å². The number of rotatable bonds is 8. The summed E-state index contributed by atoms with van der Waals surface area (Å²) in [5, 5.41) is 5.67. The Morgan fingerprint density at radius 2 is 1.50 bits per heavy atom. The smallest absolute Gasteiger partial charge is 0.161 e. The minimum absolute atomic E-state index is 0.434. The molecule has 3 aromatic carbocycles. The minimum atomic E-state index is 0.434. The first-order valence-electron chi connectivity index (χ1n) is 8.70. The maximum atomic E-state index is 5.90. The predicted molar refractivity (Wildman–Crippen MR) is 115 cm³/mol. The van der Waals surface area contributed by atoms with E-state index < -0.39 is 0 Å². The van der Waals surface area contributed by atoms with Crippen molar-refractivity contribution in [2.24, 2.45) is 5.10 Å². The van der Waals surface area contributed by atoms with E-state index in [2.05, 4.69) is 10.5 Å². The van der Waals surface area contributed by atoms with E-state index in [1.54, 1.807) is 13.3 Å². The van der Waals surface area contributed by atoms with Crippen molar-refractivity contribution in [1.82, 2.24) is 5.43 Å². The molecular formula is C22H20Cl2N2O2. The van der Waals surface area contributed by atoms with Gasteiger partial charge in [0.15, 0.2) is 11.5 Å². The summed E-state index contributed by atoms with van der Waals surface area (Å²) in [4.78, 5) is 0. The number of nitrogens with one attached hydrogen (secondary N) is 1. The van der Waals surface area contributed by atoms with Crippen LogP contribution in [0, 0.1) is 0 Å². The van der Waals surface area contributed by atoms with Gasteiger partial charge >= 0.3 is 0 Å². The monoisotopic (exact) mass is 414 g/mol. The average molecular weight is 415 g/mol. The fourth-order valence-corrected chi connectivity index (χ4v) is 2.74. The highest BCUT2D eigenvalue weighted by Crippen LogP contribution is 2.28. The molecule has 0 saturated heterocycles. The quantitative estimate of drug-likeness (QED) is 0.379. The molecule has 1 N–H and O–H groups in total. The molecule has 0 aliphatic carbocycles. The second-order valence-corrected chi connectivity index (χ2v) is 6.92. The van der Waals surface area contributed by atoms with Crippen LogP contribution >= 0.6 is 23.2 Å². The molecule has 0 bridgehead atoms. The zero-order chi connectivity index (χ0) is 19.8. The van der Waals surface area contributed by atoms with E-state index in [0.717, 1.165) is 21.7 Å². The molecule has 0 radical (unpaired) electrons. The molecule has 0 heterocycles. The van der Waals surface area contributed by atoms with Crippen LogP contribution in [-0.2, 0) is 13.2 Å². The summed E-state index contributed by atoms with van der Waals surface area (Å²) in [5.74, 6) is 1.32. The summed E-state index contributed by atoms with van der Waals surface area (Å²) < 4.78 is 11.3. The molecule has 144 valence electrons. The van der Waals surface area contributed by atoms with Crippen LogP contribution in [0.1, 0.15) is 16.7 Å². The lowest BCUT2D eigenvalue weighted by Crippen LogP contribution is -2.05. The van der Waals surface area contributed by atoms with Crippen molar-refractivity contribution < 1.29 is 9.47 Å². The first kappa shape index (κ1) is 20.1. The lowest BCUT2D eigenvalue weighted by molar-refractivity contribution is 0.284. The zero-order valence-electron chi connectivity index (χ0n) is 15.4. The van der Waals surface area contributed by atoms with Crippen molar-refractivity contribution in [1.29, 1.82) is 0 Å². The molecule has 0 aromatic heterocycles. The largest absolute Gasteiger partial charge is 0.493 e. The standard InChI is InChI=1S/C22H20Cl2N2O2/c1-27-22-12-18(14-26-25-13-16-2-7-19(23)8-3-16)6-11-21(22)28-15-17-4-9-20(24)10-5-17/h2-12,14,25H,13,15H2,1H3/b26-14-. The third-order valence-corrected chi connectivity index (χ3v) is 4.50. The molecule has 0 saturated carbocycles. The number of nitrogens with zero attached hydrogens (tertiary/aromatic N) is 1. The molecule has 0 aliphatic rings. The fraction of sp³-hybridized carbons (Fsp3) is 0.136. The maximum absolute atomic E-state index is 5.90. The molecule has 4 nitrogen and oxygen atoms in total. The van der Waals surface area contributed by atoms with E-state index in [0.29, 0.717) is 29.7 Å². The van der Waals surface area contributed by atoms with E-state index in [1.165, 1.54) is 0 Å².